The summed E-state index contributed by atoms with van der Waals surface area (Å²) in [6.45, 7) is 7.97. The van der Waals surface area contributed by atoms with Crippen molar-refractivity contribution >= 4 is 48.9 Å². The Kier molecular flexibility index (Phi) is 6.56. The largest absolute Gasteiger partial charge is 0.324 e. The summed E-state index contributed by atoms with van der Waals surface area (Å²) in [5.74, 6) is -0.421. The summed E-state index contributed by atoms with van der Waals surface area (Å²) in [6.07, 6.45) is 1.41. The van der Waals surface area contributed by atoms with Crippen LogP contribution in [0.25, 0.3) is 10.2 Å². The molecule has 1 heterocycles. The Hall–Kier alpha value is -2.65. The predicted molar refractivity (Wildman–Crippen MR) is 128 cm³/mol. The first-order chi connectivity index (χ1) is 14.6. The van der Waals surface area contributed by atoms with Crippen LogP contribution in [-0.4, -0.2) is 31.2 Å². The molecule has 1 amide bonds. The molecule has 9 heteroatoms. The van der Waals surface area contributed by atoms with Crippen LogP contribution >= 0.6 is 11.3 Å². The van der Waals surface area contributed by atoms with Gasteiger partial charge in [0.15, 0.2) is 0 Å². The van der Waals surface area contributed by atoms with E-state index in [0.717, 1.165) is 38.9 Å². The highest BCUT2D eigenvalue weighted by Gasteiger charge is 2.32. The van der Waals surface area contributed by atoms with Crippen LogP contribution < -0.4 is 14.5 Å². The lowest BCUT2D eigenvalue weighted by Crippen LogP contribution is -2.47. The molecule has 166 valence electrons. The Balaban J connectivity index is 1.98. The maximum absolute atomic E-state index is 13.2. The number of carbonyl (C=O) groups is 1. The maximum atomic E-state index is 13.2. The van der Waals surface area contributed by atoms with Crippen molar-refractivity contribution in [2.24, 2.45) is 0 Å². The molecular formula is C22H27N3O4S2. The van der Waals surface area contributed by atoms with Gasteiger partial charge in [-0.25, -0.2) is 8.42 Å². The van der Waals surface area contributed by atoms with E-state index in [0.29, 0.717) is 24.3 Å². The van der Waals surface area contributed by atoms with E-state index in [-0.39, 0.29) is 4.87 Å². The summed E-state index contributed by atoms with van der Waals surface area (Å²) < 4.78 is 29.1. The van der Waals surface area contributed by atoms with Crippen LogP contribution in [-0.2, 0) is 21.4 Å². The third kappa shape index (κ3) is 4.67. The molecule has 3 aromatic rings. The Labute approximate surface area is 186 Å². The Bertz CT molecular complexity index is 1290. The number of hydrogen-bond donors (Lipinski definition) is 1. The molecule has 1 N–H and O–H groups in total. The number of thiazole rings is 1. The van der Waals surface area contributed by atoms with E-state index >= 15 is 0 Å². The van der Waals surface area contributed by atoms with Gasteiger partial charge in [0.05, 0.1) is 22.2 Å². The van der Waals surface area contributed by atoms with E-state index in [1.807, 2.05) is 32.9 Å². The van der Waals surface area contributed by atoms with E-state index in [1.165, 1.54) is 4.31 Å². The maximum Gasteiger partial charge on any atom is 0.308 e. The Morgan fingerprint density at radius 1 is 1.16 bits per heavy atom. The highest BCUT2D eigenvalue weighted by atomic mass is 32.2. The van der Waals surface area contributed by atoms with Gasteiger partial charge in [-0.05, 0) is 62.6 Å². The lowest BCUT2D eigenvalue weighted by atomic mass is 10.1. The summed E-state index contributed by atoms with van der Waals surface area (Å²) in [5.41, 5.74) is 3.52. The molecule has 0 aliphatic rings. The zero-order valence-electron chi connectivity index (χ0n) is 18.3. The van der Waals surface area contributed by atoms with Crippen LogP contribution in [0.1, 0.15) is 31.4 Å². The number of rotatable bonds is 7. The van der Waals surface area contributed by atoms with Crippen LogP contribution in [0.4, 0.5) is 11.4 Å². The highest BCUT2D eigenvalue weighted by molar-refractivity contribution is 7.92. The number of hydrogen-bond acceptors (Lipinski definition) is 5. The van der Waals surface area contributed by atoms with Crippen molar-refractivity contribution in [3.8, 4) is 0 Å². The van der Waals surface area contributed by atoms with E-state index in [9.17, 15) is 18.0 Å². The fraction of sp³-hybridized carbons (Fsp3) is 0.364. The number of anilines is 2. The molecule has 0 saturated carbocycles. The normalized spacial score (nSPS) is 12.7. The molecule has 1 atom stereocenters. The number of fused-ring (bicyclic) bond motifs is 1. The van der Waals surface area contributed by atoms with Gasteiger partial charge < -0.3 is 5.32 Å². The number of sulfonamides is 1. The average molecular weight is 462 g/mol. The molecule has 0 bridgehead atoms. The molecule has 0 spiro atoms. The molecule has 1 unspecified atom stereocenters. The van der Waals surface area contributed by atoms with E-state index in [2.05, 4.69) is 5.32 Å². The molecule has 3 rings (SSSR count). The number of aromatic nitrogens is 1. The molecule has 0 aliphatic heterocycles. The molecule has 7 nitrogen and oxygen atoms in total. The average Bonchev–Trinajstić information content (AvgIpc) is 3.01. The topological polar surface area (TPSA) is 88.5 Å². The molecule has 31 heavy (non-hydrogen) atoms. The Morgan fingerprint density at radius 3 is 2.48 bits per heavy atom. The molecule has 1 aromatic heterocycles. The first-order valence-electron chi connectivity index (χ1n) is 10.1. The van der Waals surface area contributed by atoms with Crippen molar-refractivity contribution in [1.29, 1.82) is 0 Å². The van der Waals surface area contributed by atoms with Crippen LogP contribution in [0, 0.1) is 13.8 Å². The van der Waals surface area contributed by atoms with Gasteiger partial charge in [-0.1, -0.05) is 30.4 Å². The zero-order valence-corrected chi connectivity index (χ0v) is 19.9. The minimum Gasteiger partial charge on any atom is -0.324 e. The molecule has 0 radical (unpaired) electrons. The summed E-state index contributed by atoms with van der Waals surface area (Å²) in [6, 6.07) is 9.90. The summed E-state index contributed by atoms with van der Waals surface area (Å²) >= 11 is 1.12. The van der Waals surface area contributed by atoms with Crippen molar-refractivity contribution in [3.05, 3.63) is 57.2 Å². The van der Waals surface area contributed by atoms with Gasteiger partial charge in [-0.2, -0.15) is 0 Å². The second kappa shape index (κ2) is 8.84. The van der Waals surface area contributed by atoms with Gasteiger partial charge in [0, 0.05) is 12.2 Å². The van der Waals surface area contributed by atoms with Gasteiger partial charge in [-0.3, -0.25) is 18.5 Å². The third-order valence-electron chi connectivity index (χ3n) is 5.18. The van der Waals surface area contributed by atoms with Crippen molar-refractivity contribution in [3.63, 3.8) is 0 Å². The minimum atomic E-state index is -3.72. The number of nitrogens with zero attached hydrogens (tertiary/aromatic N) is 2. The summed E-state index contributed by atoms with van der Waals surface area (Å²) in [7, 11) is -3.72. The van der Waals surface area contributed by atoms with E-state index in [1.54, 1.807) is 35.8 Å². The van der Waals surface area contributed by atoms with Gasteiger partial charge in [-0.15, -0.1) is 0 Å². The predicted octanol–water partition coefficient (Wildman–Crippen LogP) is 3.88. The first-order valence-corrected chi connectivity index (χ1v) is 12.7. The second-order valence-electron chi connectivity index (χ2n) is 7.56. The monoisotopic (exact) mass is 461 g/mol. The number of amides is 1. The number of benzene rings is 2. The number of aryl methyl sites for hydroxylation is 3. The van der Waals surface area contributed by atoms with Crippen LogP contribution in [0.3, 0.4) is 0 Å². The fourth-order valence-electron chi connectivity index (χ4n) is 3.66. The summed E-state index contributed by atoms with van der Waals surface area (Å²) in [4.78, 5) is 25.2. The van der Waals surface area contributed by atoms with Gasteiger partial charge >= 0.3 is 4.87 Å². The lowest BCUT2D eigenvalue weighted by molar-refractivity contribution is -0.117. The molecule has 0 aliphatic carbocycles. The van der Waals surface area contributed by atoms with Crippen LogP contribution in [0.15, 0.2) is 41.2 Å². The van der Waals surface area contributed by atoms with Gasteiger partial charge in [0.1, 0.15) is 6.04 Å². The SMILES string of the molecule is CCC(C(=O)Nc1ccc2c(c1)sc(=O)n2CC)N(c1cc(C)ccc1C)S(C)(=O)=O. The van der Waals surface area contributed by atoms with Crippen molar-refractivity contribution < 1.29 is 13.2 Å². The molecule has 0 fully saturated rings. The zero-order chi connectivity index (χ0) is 22.9. The smallest absolute Gasteiger partial charge is 0.308 e. The first kappa shape index (κ1) is 23.0. The van der Waals surface area contributed by atoms with Crippen LogP contribution in [0.2, 0.25) is 0 Å². The summed E-state index contributed by atoms with van der Waals surface area (Å²) in [5, 5.41) is 2.84. The Morgan fingerprint density at radius 2 is 1.87 bits per heavy atom. The standard InChI is InChI=1S/C22H27N3O4S2/c1-6-17(25(31(5,28)29)19-12-14(3)8-9-15(19)4)21(26)23-16-10-11-18-20(13-16)30-22(27)24(18)7-2/h8-13,17H,6-7H2,1-5H3,(H,23,26). The van der Waals surface area contributed by atoms with Gasteiger partial charge in [0.25, 0.3) is 0 Å². The highest BCUT2D eigenvalue weighted by Crippen LogP contribution is 2.28. The molecular weight excluding hydrogens is 434 g/mol. The van der Waals surface area contributed by atoms with Gasteiger partial charge in [0.2, 0.25) is 15.9 Å². The number of nitrogens with one attached hydrogen (secondary N) is 1. The second-order valence-corrected chi connectivity index (χ2v) is 10.4. The van der Waals surface area contributed by atoms with Crippen molar-refractivity contribution in [2.75, 3.05) is 15.9 Å². The lowest BCUT2D eigenvalue weighted by Gasteiger charge is -2.31. The molecule has 0 saturated heterocycles. The van der Waals surface area contributed by atoms with Crippen molar-refractivity contribution in [1.82, 2.24) is 4.57 Å². The minimum absolute atomic E-state index is 0.0504. The third-order valence-corrected chi connectivity index (χ3v) is 7.29. The van der Waals surface area contributed by atoms with Crippen LogP contribution in [0.5, 0.6) is 0 Å². The van der Waals surface area contributed by atoms with Crippen molar-refractivity contribution in [2.45, 2.75) is 46.7 Å². The molecule has 2 aromatic carbocycles. The number of carbonyl (C=O) groups excluding carboxylic acids is 1. The fourth-order valence-corrected chi connectivity index (χ4v) is 5.92. The van der Waals surface area contributed by atoms with E-state index < -0.39 is 22.0 Å². The van der Waals surface area contributed by atoms with E-state index in [4.69, 9.17) is 0 Å². The quantitative estimate of drug-likeness (QED) is 0.578.